The third-order valence-corrected chi connectivity index (χ3v) is 5.51. The van der Waals surface area contributed by atoms with Crippen LogP contribution in [-0.4, -0.2) is 52.8 Å². The van der Waals surface area contributed by atoms with Gasteiger partial charge in [0, 0.05) is 13.2 Å². The molecule has 0 radical (unpaired) electrons. The van der Waals surface area contributed by atoms with E-state index < -0.39 is 0 Å². The number of carbonyl (C=O) groups excluding carboxylic acids is 1. The first-order valence-corrected chi connectivity index (χ1v) is 10.4. The number of hydrogen-bond donors (Lipinski definition) is 1. The van der Waals surface area contributed by atoms with Crippen LogP contribution in [0, 0.1) is 0 Å². The number of carbonyl (C=O) groups is 1. The van der Waals surface area contributed by atoms with Gasteiger partial charge in [0.25, 0.3) is 0 Å². The lowest BCUT2D eigenvalue weighted by Gasteiger charge is -2.13. The van der Waals surface area contributed by atoms with Crippen molar-refractivity contribution < 1.29 is 18.7 Å². The molecule has 2 aromatic heterocycles. The molecule has 0 bridgehead atoms. The molecule has 1 aliphatic rings. The second-order valence-electron chi connectivity index (χ2n) is 6.52. The fourth-order valence-electron chi connectivity index (χ4n) is 3.17. The molecule has 152 valence electrons. The van der Waals surface area contributed by atoms with Crippen molar-refractivity contribution >= 4 is 17.7 Å². The van der Waals surface area contributed by atoms with Crippen LogP contribution in [-0.2, 0) is 9.53 Å². The SMILES string of the molecule is COc1ccccc1-n1c(SCC(=O)NC[C@@H]2CCCO2)nnc1-c1ccco1. The third kappa shape index (κ3) is 4.46. The number of benzene rings is 1. The molecule has 1 atom stereocenters. The molecule has 1 N–H and O–H groups in total. The van der Waals surface area contributed by atoms with Crippen molar-refractivity contribution in [1.82, 2.24) is 20.1 Å². The molecule has 1 fully saturated rings. The Kier molecular flexibility index (Phi) is 6.16. The molecule has 0 unspecified atom stereocenters. The molecular weight excluding hydrogens is 392 g/mol. The summed E-state index contributed by atoms with van der Waals surface area (Å²) >= 11 is 1.31. The Morgan fingerprint density at radius 1 is 1.31 bits per heavy atom. The lowest BCUT2D eigenvalue weighted by molar-refractivity contribution is -0.119. The molecule has 3 heterocycles. The average Bonchev–Trinajstić information content (AvgIpc) is 3.52. The van der Waals surface area contributed by atoms with Crippen LogP contribution >= 0.6 is 11.8 Å². The summed E-state index contributed by atoms with van der Waals surface area (Å²) in [5.41, 5.74) is 0.772. The van der Waals surface area contributed by atoms with Crippen LogP contribution in [0.5, 0.6) is 5.75 Å². The van der Waals surface area contributed by atoms with E-state index in [-0.39, 0.29) is 17.8 Å². The number of aromatic nitrogens is 3. The maximum absolute atomic E-state index is 12.3. The van der Waals surface area contributed by atoms with Crippen LogP contribution in [0.4, 0.5) is 0 Å². The van der Waals surface area contributed by atoms with E-state index in [1.807, 2.05) is 34.9 Å². The van der Waals surface area contributed by atoms with Gasteiger partial charge in [-0.1, -0.05) is 23.9 Å². The van der Waals surface area contributed by atoms with Crippen LogP contribution in [0.3, 0.4) is 0 Å². The van der Waals surface area contributed by atoms with Gasteiger partial charge in [0.1, 0.15) is 5.75 Å². The number of rotatable bonds is 8. The predicted molar refractivity (Wildman–Crippen MR) is 108 cm³/mol. The first-order chi connectivity index (χ1) is 14.3. The highest BCUT2D eigenvalue weighted by Gasteiger charge is 2.21. The summed E-state index contributed by atoms with van der Waals surface area (Å²) in [6, 6.07) is 11.2. The van der Waals surface area contributed by atoms with Crippen LogP contribution in [0.25, 0.3) is 17.3 Å². The Bertz CT molecular complexity index is 951. The smallest absolute Gasteiger partial charge is 0.230 e. The van der Waals surface area contributed by atoms with E-state index in [1.54, 1.807) is 19.4 Å². The molecule has 1 amide bonds. The van der Waals surface area contributed by atoms with Gasteiger partial charge in [-0.15, -0.1) is 10.2 Å². The van der Waals surface area contributed by atoms with Gasteiger partial charge in [-0.2, -0.15) is 0 Å². The van der Waals surface area contributed by atoms with Gasteiger partial charge in [0.15, 0.2) is 10.9 Å². The molecule has 0 saturated carbocycles. The molecule has 8 nitrogen and oxygen atoms in total. The van der Waals surface area contributed by atoms with E-state index >= 15 is 0 Å². The lowest BCUT2D eigenvalue weighted by atomic mass is 10.2. The van der Waals surface area contributed by atoms with Crippen molar-refractivity contribution in [3.63, 3.8) is 0 Å². The summed E-state index contributed by atoms with van der Waals surface area (Å²) < 4.78 is 18.4. The van der Waals surface area contributed by atoms with Gasteiger partial charge in [0.05, 0.1) is 30.9 Å². The molecule has 0 aliphatic carbocycles. The van der Waals surface area contributed by atoms with E-state index in [4.69, 9.17) is 13.9 Å². The van der Waals surface area contributed by atoms with Gasteiger partial charge >= 0.3 is 0 Å². The Hall–Kier alpha value is -2.78. The Morgan fingerprint density at radius 3 is 2.97 bits per heavy atom. The maximum Gasteiger partial charge on any atom is 0.230 e. The standard InChI is InChI=1S/C20H22N4O4S/c1-26-16-8-3-2-7-15(16)24-19(17-9-5-11-28-17)22-23-20(24)29-13-18(25)21-12-14-6-4-10-27-14/h2-3,5,7-9,11,14H,4,6,10,12-13H2,1H3,(H,21,25)/t14-/m0/s1. The van der Waals surface area contributed by atoms with Crippen LogP contribution < -0.4 is 10.1 Å². The highest BCUT2D eigenvalue weighted by molar-refractivity contribution is 7.99. The molecular formula is C20H22N4O4S. The summed E-state index contributed by atoms with van der Waals surface area (Å²) in [6.45, 7) is 1.31. The third-order valence-electron chi connectivity index (χ3n) is 4.58. The minimum atomic E-state index is -0.0698. The monoisotopic (exact) mass is 414 g/mol. The van der Waals surface area contributed by atoms with Crippen molar-refractivity contribution in [2.45, 2.75) is 24.1 Å². The molecule has 9 heteroatoms. The van der Waals surface area contributed by atoms with Crippen LogP contribution in [0.1, 0.15) is 12.8 Å². The van der Waals surface area contributed by atoms with Crippen LogP contribution in [0.2, 0.25) is 0 Å². The molecule has 3 aromatic rings. The van der Waals surface area contributed by atoms with E-state index in [2.05, 4.69) is 15.5 Å². The number of hydrogen-bond acceptors (Lipinski definition) is 7. The highest BCUT2D eigenvalue weighted by atomic mass is 32.2. The quantitative estimate of drug-likeness (QED) is 0.567. The average molecular weight is 414 g/mol. The van der Waals surface area contributed by atoms with Crippen molar-refractivity contribution in [3.8, 4) is 23.0 Å². The zero-order chi connectivity index (χ0) is 20.1. The van der Waals surface area contributed by atoms with Gasteiger partial charge in [-0.25, -0.2) is 0 Å². The second kappa shape index (κ2) is 9.15. The molecule has 29 heavy (non-hydrogen) atoms. The van der Waals surface area contributed by atoms with Crippen molar-refractivity contribution in [1.29, 1.82) is 0 Å². The first-order valence-electron chi connectivity index (χ1n) is 9.40. The number of ether oxygens (including phenoxy) is 2. The molecule has 1 aliphatic heterocycles. The lowest BCUT2D eigenvalue weighted by Crippen LogP contribution is -2.32. The van der Waals surface area contributed by atoms with Gasteiger partial charge in [-0.05, 0) is 37.1 Å². The number of para-hydroxylation sites is 2. The minimum absolute atomic E-state index is 0.0698. The number of methoxy groups -OCH3 is 1. The zero-order valence-corrected chi connectivity index (χ0v) is 16.9. The maximum atomic E-state index is 12.3. The van der Waals surface area contributed by atoms with Crippen LogP contribution in [0.15, 0.2) is 52.2 Å². The second-order valence-corrected chi connectivity index (χ2v) is 7.46. The van der Waals surface area contributed by atoms with E-state index in [9.17, 15) is 4.79 Å². The predicted octanol–water partition coefficient (Wildman–Crippen LogP) is 2.92. The molecule has 4 rings (SSSR count). The number of nitrogens with one attached hydrogen (secondary N) is 1. The van der Waals surface area contributed by atoms with Gasteiger partial charge in [-0.3, -0.25) is 9.36 Å². The molecule has 0 spiro atoms. The van der Waals surface area contributed by atoms with Crippen molar-refractivity contribution in [3.05, 3.63) is 42.7 Å². The molecule has 1 saturated heterocycles. The van der Waals surface area contributed by atoms with E-state index in [1.165, 1.54) is 11.8 Å². The van der Waals surface area contributed by atoms with Crippen molar-refractivity contribution in [2.24, 2.45) is 0 Å². The summed E-state index contributed by atoms with van der Waals surface area (Å²) in [5.74, 6) is 1.95. The summed E-state index contributed by atoms with van der Waals surface area (Å²) in [5, 5.41) is 12.1. The number of thioether (sulfide) groups is 1. The minimum Gasteiger partial charge on any atom is -0.495 e. The summed E-state index contributed by atoms with van der Waals surface area (Å²) in [6.07, 6.45) is 3.74. The number of nitrogens with zero attached hydrogens (tertiary/aromatic N) is 3. The van der Waals surface area contributed by atoms with E-state index in [0.29, 0.717) is 29.0 Å². The number of amides is 1. The first kappa shape index (κ1) is 19.5. The Morgan fingerprint density at radius 2 is 2.21 bits per heavy atom. The van der Waals surface area contributed by atoms with E-state index in [0.717, 1.165) is 25.1 Å². The fourth-order valence-corrected chi connectivity index (χ4v) is 3.95. The largest absolute Gasteiger partial charge is 0.495 e. The summed E-state index contributed by atoms with van der Waals surface area (Å²) in [7, 11) is 1.61. The highest BCUT2D eigenvalue weighted by Crippen LogP contribution is 2.32. The van der Waals surface area contributed by atoms with Crippen molar-refractivity contribution in [2.75, 3.05) is 26.0 Å². The fraction of sp³-hybridized carbons (Fsp3) is 0.350. The topological polar surface area (TPSA) is 91.4 Å². The van der Waals surface area contributed by atoms with Gasteiger partial charge in [0.2, 0.25) is 11.7 Å². The molecule has 1 aromatic carbocycles. The normalized spacial score (nSPS) is 16.1. The Labute approximate surface area is 172 Å². The zero-order valence-electron chi connectivity index (χ0n) is 16.0. The van der Waals surface area contributed by atoms with Gasteiger partial charge < -0.3 is 19.2 Å². The summed E-state index contributed by atoms with van der Waals surface area (Å²) in [4.78, 5) is 12.3. The Balaban J connectivity index is 1.54. The number of furan rings is 1.